The van der Waals surface area contributed by atoms with Gasteiger partial charge in [-0.05, 0) is 25.0 Å². The number of amides is 2. The number of carbonyl (C=O) groups excluding carboxylic acids is 1. The van der Waals surface area contributed by atoms with Crippen LogP contribution in [-0.2, 0) is 14.6 Å². The van der Waals surface area contributed by atoms with Crippen LogP contribution in [0.4, 0.5) is 4.79 Å². The molecular weight excluding hydrogens is 320 g/mol. The van der Waals surface area contributed by atoms with Crippen molar-refractivity contribution in [3.05, 3.63) is 30.3 Å². The van der Waals surface area contributed by atoms with Crippen LogP contribution in [0, 0.1) is 5.92 Å². The van der Waals surface area contributed by atoms with Gasteiger partial charge in [-0.1, -0.05) is 18.2 Å². The first kappa shape index (κ1) is 17.3. The lowest BCUT2D eigenvalue weighted by atomic mass is 9.99. The Balaban J connectivity index is 1.84. The lowest BCUT2D eigenvalue weighted by molar-refractivity contribution is -0.143. The molecule has 1 atom stereocenters. The standard InChI is InChI=1S/C15H20N2O5S/c18-14(19)12-5-4-9-17(11-12)15(20)16-8-10-23(21,22)13-6-2-1-3-7-13/h1-3,6-7,12H,4-5,8-11H2,(H,16,20)(H,18,19). The number of carboxylic acids is 1. The summed E-state index contributed by atoms with van der Waals surface area (Å²) in [5, 5.41) is 11.6. The molecule has 2 amide bonds. The maximum absolute atomic E-state index is 12.1. The molecule has 1 unspecified atom stereocenters. The molecule has 2 rings (SSSR count). The number of nitrogens with zero attached hydrogens (tertiary/aromatic N) is 1. The highest BCUT2D eigenvalue weighted by Crippen LogP contribution is 2.16. The molecule has 1 heterocycles. The highest BCUT2D eigenvalue weighted by molar-refractivity contribution is 7.91. The second-order valence-corrected chi connectivity index (χ2v) is 7.60. The van der Waals surface area contributed by atoms with Crippen LogP contribution in [0.15, 0.2) is 35.2 Å². The summed E-state index contributed by atoms with van der Waals surface area (Å²) in [5.41, 5.74) is 0. The summed E-state index contributed by atoms with van der Waals surface area (Å²) in [6.45, 7) is 0.637. The lowest BCUT2D eigenvalue weighted by Crippen LogP contribution is -2.47. The molecule has 1 aromatic rings. The zero-order valence-corrected chi connectivity index (χ0v) is 13.5. The third-order valence-corrected chi connectivity index (χ3v) is 5.54. The molecule has 0 spiro atoms. The molecule has 126 valence electrons. The molecule has 2 N–H and O–H groups in total. The van der Waals surface area contributed by atoms with E-state index in [0.29, 0.717) is 19.4 Å². The fourth-order valence-electron chi connectivity index (χ4n) is 2.51. The quantitative estimate of drug-likeness (QED) is 0.831. The van der Waals surface area contributed by atoms with Gasteiger partial charge in [0.15, 0.2) is 9.84 Å². The van der Waals surface area contributed by atoms with Gasteiger partial charge in [0.25, 0.3) is 0 Å². The Labute approximate surface area is 135 Å². The summed E-state index contributed by atoms with van der Waals surface area (Å²) in [7, 11) is -3.44. The van der Waals surface area contributed by atoms with Gasteiger partial charge < -0.3 is 15.3 Å². The fraction of sp³-hybridized carbons (Fsp3) is 0.467. The van der Waals surface area contributed by atoms with Crippen molar-refractivity contribution in [2.45, 2.75) is 17.7 Å². The van der Waals surface area contributed by atoms with E-state index in [1.165, 1.54) is 17.0 Å². The van der Waals surface area contributed by atoms with E-state index in [4.69, 9.17) is 5.11 Å². The van der Waals surface area contributed by atoms with Gasteiger partial charge in [-0.15, -0.1) is 0 Å². The molecule has 1 saturated heterocycles. The molecule has 0 bridgehead atoms. The maximum Gasteiger partial charge on any atom is 0.317 e. The smallest absolute Gasteiger partial charge is 0.317 e. The Morgan fingerprint density at radius 1 is 1.26 bits per heavy atom. The number of carbonyl (C=O) groups is 2. The summed E-state index contributed by atoms with van der Waals surface area (Å²) >= 11 is 0. The van der Waals surface area contributed by atoms with Gasteiger partial charge in [-0.3, -0.25) is 4.79 Å². The second kappa shape index (κ2) is 7.45. The molecule has 8 heteroatoms. The molecule has 0 saturated carbocycles. The number of benzene rings is 1. The first-order valence-electron chi connectivity index (χ1n) is 7.43. The number of hydrogen-bond donors (Lipinski definition) is 2. The fourth-order valence-corrected chi connectivity index (χ4v) is 3.69. The van der Waals surface area contributed by atoms with Crippen LogP contribution in [0.3, 0.4) is 0 Å². The van der Waals surface area contributed by atoms with E-state index in [9.17, 15) is 18.0 Å². The second-order valence-electron chi connectivity index (χ2n) is 5.49. The van der Waals surface area contributed by atoms with Crippen LogP contribution in [-0.4, -0.2) is 55.8 Å². The molecule has 1 aliphatic rings. The summed E-state index contributed by atoms with van der Waals surface area (Å²) in [6, 6.07) is 7.63. The van der Waals surface area contributed by atoms with Gasteiger partial charge in [0.2, 0.25) is 0 Å². The highest BCUT2D eigenvalue weighted by Gasteiger charge is 2.28. The maximum atomic E-state index is 12.1. The molecule has 0 aromatic heterocycles. The first-order chi connectivity index (χ1) is 10.9. The normalized spacial score (nSPS) is 18.4. The lowest BCUT2D eigenvalue weighted by Gasteiger charge is -2.30. The van der Waals surface area contributed by atoms with Gasteiger partial charge in [0.05, 0.1) is 16.6 Å². The van der Waals surface area contributed by atoms with Crippen molar-refractivity contribution in [2.75, 3.05) is 25.4 Å². The molecule has 7 nitrogen and oxygen atoms in total. The predicted octanol–water partition coefficient (Wildman–Crippen LogP) is 0.967. The summed E-state index contributed by atoms with van der Waals surface area (Å²) in [5.74, 6) is -1.66. The van der Waals surface area contributed by atoms with Crippen LogP contribution in [0.25, 0.3) is 0 Å². The van der Waals surface area contributed by atoms with Crippen molar-refractivity contribution >= 4 is 21.8 Å². The predicted molar refractivity (Wildman–Crippen MR) is 83.8 cm³/mol. The third kappa shape index (κ3) is 4.69. The van der Waals surface area contributed by atoms with Gasteiger partial charge in [0.1, 0.15) is 0 Å². The Kier molecular flexibility index (Phi) is 5.59. The molecule has 0 radical (unpaired) electrons. The van der Waals surface area contributed by atoms with Gasteiger partial charge in [0, 0.05) is 19.6 Å². The van der Waals surface area contributed by atoms with Crippen molar-refractivity contribution in [1.82, 2.24) is 10.2 Å². The van der Waals surface area contributed by atoms with Crippen LogP contribution in [0.5, 0.6) is 0 Å². The van der Waals surface area contributed by atoms with Gasteiger partial charge in [-0.2, -0.15) is 0 Å². The van der Waals surface area contributed by atoms with Crippen molar-refractivity contribution in [2.24, 2.45) is 5.92 Å². The molecular formula is C15H20N2O5S. The Hall–Kier alpha value is -2.09. The van der Waals surface area contributed by atoms with E-state index < -0.39 is 27.8 Å². The van der Waals surface area contributed by atoms with E-state index in [1.54, 1.807) is 18.2 Å². The number of piperidine rings is 1. The number of likely N-dealkylation sites (tertiary alicyclic amines) is 1. The number of aliphatic carboxylic acids is 1. The number of hydrogen-bond acceptors (Lipinski definition) is 4. The van der Waals surface area contributed by atoms with E-state index >= 15 is 0 Å². The first-order valence-corrected chi connectivity index (χ1v) is 9.09. The highest BCUT2D eigenvalue weighted by atomic mass is 32.2. The van der Waals surface area contributed by atoms with E-state index in [0.717, 1.165) is 0 Å². The molecule has 0 aliphatic carbocycles. The summed E-state index contributed by atoms with van der Waals surface area (Å²) in [4.78, 5) is 24.7. The van der Waals surface area contributed by atoms with Crippen LogP contribution in [0.2, 0.25) is 0 Å². The Morgan fingerprint density at radius 2 is 1.96 bits per heavy atom. The van der Waals surface area contributed by atoms with Crippen LogP contribution < -0.4 is 5.32 Å². The van der Waals surface area contributed by atoms with E-state index in [-0.39, 0.29) is 23.7 Å². The van der Waals surface area contributed by atoms with Gasteiger partial charge >= 0.3 is 12.0 Å². The largest absolute Gasteiger partial charge is 0.481 e. The van der Waals surface area contributed by atoms with Crippen molar-refractivity contribution in [1.29, 1.82) is 0 Å². The summed E-state index contributed by atoms with van der Waals surface area (Å²) < 4.78 is 24.2. The van der Waals surface area contributed by atoms with Gasteiger partial charge in [-0.25, -0.2) is 13.2 Å². The van der Waals surface area contributed by atoms with E-state index in [2.05, 4.69) is 5.32 Å². The number of carboxylic acid groups (broad SMARTS) is 1. The zero-order chi connectivity index (χ0) is 16.9. The Morgan fingerprint density at radius 3 is 2.61 bits per heavy atom. The number of urea groups is 1. The van der Waals surface area contributed by atoms with Crippen molar-refractivity contribution in [3.63, 3.8) is 0 Å². The minimum atomic E-state index is -3.44. The van der Waals surface area contributed by atoms with E-state index in [1.807, 2.05) is 0 Å². The third-order valence-electron chi connectivity index (χ3n) is 3.81. The molecule has 1 aliphatic heterocycles. The number of rotatable bonds is 5. The van der Waals surface area contributed by atoms with Crippen LogP contribution in [0.1, 0.15) is 12.8 Å². The number of nitrogens with one attached hydrogen (secondary N) is 1. The Bertz CT molecular complexity index is 660. The molecule has 1 aromatic carbocycles. The number of sulfone groups is 1. The van der Waals surface area contributed by atoms with Crippen molar-refractivity contribution in [3.8, 4) is 0 Å². The average molecular weight is 340 g/mol. The monoisotopic (exact) mass is 340 g/mol. The SMILES string of the molecule is O=C(O)C1CCCN(C(=O)NCCS(=O)(=O)c2ccccc2)C1. The minimum Gasteiger partial charge on any atom is -0.481 e. The average Bonchev–Trinajstić information content (AvgIpc) is 2.55. The van der Waals surface area contributed by atoms with Crippen molar-refractivity contribution < 1.29 is 23.1 Å². The zero-order valence-electron chi connectivity index (χ0n) is 12.6. The summed E-state index contributed by atoms with van der Waals surface area (Å²) in [6.07, 6.45) is 1.19. The van der Waals surface area contributed by atoms with Crippen LogP contribution >= 0.6 is 0 Å². The minimum absolute atomic E-state index is 0.00962. The molecule has 1 fully saturated rings. The topological polar surface area (TPSA) is 104 Å². The molecule has 23 heavy (non-hydrogen) atoms.